The van der Waals surface area contributed by atoms with Crippen molar-refractivity contribution in [3.8, 4) is 5.69 Å². The van der Waals surface area contributed by atoms with E-state index in [4.69, 9.17) is 0 Å². The van der Waals surface area contributed by atoms with Crippen LogP contribution in [0.1, 0.15) is 28.4 Å². The number of Topliss-reactive ketones (excluding diaryl/α,β-unsaturated/α-hetero) is 1. The number of aromatic nitrogens is 2. The molecule has 3 nitrogen and oxygen atoms in total. The first-order chi connectivity index (χ1) is 9.99. The average molecular weight is 282 g/mol. The zero-order chi connectivity index (χ0) is 15.1. The number of para-hydroxylation sites is 1. The van der Waals surface area contributed by atoms with Gasteiger partial charge < -0.3 is 0 Å². The van der Waals surface area contributed by atoms with Crippen molar-refractivity contribution in [2.45, 2.75) is 20.8 Å². The Morgan fingerprint density at radius 2 is 1.90 bits per heavy atom. The van der Waals surface area contributed by atoms with Crippen LogP contribution in [-0.4, -0.2) is 15.3 Å². The van der Waals surface area contributed by atoms with Crippen LogP contribution in [0.2, 0.25) is 0 Å². The second-order valence-electron chi connectivity index (χ2n) is 5.23. The Hall–Kier alpha value is -2.49. The van der Waals surface area contributed by atoms with Crippen molar-refractivity contribution in [2.24, 2.45) is 0 Å². The summed E-state index contributed by atoms with van der Waals surface area (Å²) in [6.45, 7) is 5.45. The number of halogens is 1. The van der Waals surface area contributed by atoms with Gasteiger partial charge >= 0.3 is 0 Å². The van der Waals surface area contributed by atoms with E-state index in [1.807, 2.05) is 26.0 Å². The number of hydrogen-bond donors (Lipinski definition) is 0. The predicted octanol–water partition coefficient (Wildman–Crippen LogP) is 3.98. The molecule has 0 atom stereocenters. The van der Waals surface area contributed by atoms with Crippen molar-refractivity contribution < 1.29 is 9.18 Å². The van der Waals surface area contributed by atoms with Gasteiger partial charge in [-0.3, -0.25) is 9.36 Å². The quantitative estimate of drug-likeness (QED) is 0.666. The van der Waals surface area contributed by atoms with E-state index in [9.17, 15) is 9.18 Å². The highest BCUT2D eigenvalue weighted by molar-refractivity contribution is 5.98. The van der Waals surface area contributed by atoms with Crippen LogP contribution >= 0.6 is 0 Å². The number of hydrogen-bond acceptors (Lipinski definition) is 2. The Bertz CT molecular complexity index is 865. The third kappa shape index (κ3) is 2.13. The van der Waals surface area contributed by atoms with E-state index < -0.39 is 5.82 Å². The molecule has 3 rings (SSSR count). The Kier molecular flexibility index (Phi) is 3.09. The van der Waals surface area contributed by atoms with Crippen LogP contribution in [0.15, 0.2) is 36.7 Å². The predicted molar refractivity (Wildman–Crippen MR) is 80.5 cm³/mol. The van der Waals surface area contributed by atoms with Gasteiger partial charge in [-0.05, 0) is 56.2 Å². The van der Waals surface area contributed by atoms with Crippen molar-refractivity contribution in [1.29, 1.82) is 0 Å². The lowest BCUT2D eigenvalue weighted by molar-refractivity contribution is 0.101. The summed E-state index contributed by atoms with van der Waals surface area (Å²) in [7, 11) is 0. The fourth-order valence-electron chi connectivity index (χ4n) is 2.49. The number of fused-ring (bicyclic) bond motifs is 1. The SMILES string of the molecule is CC(=O)c1cccc(F)c1-n1cnc2cc(C)c(C)cc21. The van der Waals surface area contributed by atoms with Gasteiger partial charge in [-0.25, -0.2) is 9.37 Å². The maximum Gasteiger partial charge on any atom is 0.162 e. The van der Waals surface area contributed by atoms with Crippen LogP contribution in [0.3, 0.4) is 0 Å². The molecule has 0 unspecified atom stereocenters. The first-order valence-electron chi connectivity index (χ1n) is 6.73. The molecule has 0 amide bonds. The lowest BCUT2D eigenvalue weighted by Crippen LogP contribution is -2.05. The number of rotatable bonds is 2. The molecular weight excluding hydrogens is 267 g/mol. The number of ketones is 1. The molecule has 0 saturated heterocycles. The molecule has 1 aromatic heterocycles. The Balaban J connectivity index is 2.36. The first-order valence-corrected chi connectivity index (χ1v) is 6.73. The van der Waals surface area contributed by atoms with E-state index in [-0.39, 0.29) is 11.5 Å². The van der Waals surface area contributed by atoms with Crippen molar-refractivity contribution in [1.82, 2.24) is 9.55 Å². The average Bonchev–Trinajstić information content (AvgIpc) is 2.81. The maximum absolute atomic E-state index is 14.3. The number of nitrogens with zero attached hydrogens (tertiary/aromatic N) is 2. The zero-order valence-electron chi connectivity index (χ0n) is 12.1. The highest BCUT2D eigenvalue weighted by atomic mass is 19.1. The third-order valence-corrected chi connectivity index (χ3v) is 3.77. The molecule has 0 fully saturated rings. The van der Waals surface area contributed by atoms with Crippen LogP contribution in [0.4, 0.5) is 4.39 Å². The van der Waals surface area contributed by atoms with Crippen molar-refractivity contribution in [3.05, 3.63) is 59.2 Å². The molecule has 21 heavy (non-hydrogen) atoms. The van der Waals surface area contributed by atoms with Gasteiger partial charge in [-0.15, -0.1) is 0 Å². The first kappa shape index (κ1) is 13.5. The largest absolute Gasteiger partial charge is 0.295 e. The molecule has 0 aliphatic heterocycles. The molecule has 0 bridgehead atoms. The van der Waals surface area contributed by atoms with Gasteiger partial charge in [-0.2, -0.15) is 0 Å². The van der Waals surface area contributed by atoms with Crippen LogP contribution in [0.25, 0.3) is 16.7 Å². The summed E-state index contributed by atoms with van der Waals surface area (Å²) in [5.41, 5.74) is 4.43. The van der Waals surface area contributed by atoms with Crippen molar-refractivity contribution >= 4 is 16.8 Å². The summed E-state index contributed by atoms with van der Waals surface area (Å²) in [4.78, 5) is 16.1. The number of aryl methyl sites for hydroxylation is 2. The second kappa shape index (κ2) is 4.81. The van der Waals surface area contributed by atoms with Gasteiger partial charge in [-0.1, -0.05) is 6.07 Å². The van der Waals surface area contributed by atoms with Crippen molar-refractivity contribution in [2.75, 3.05) is 0 Å². The van der Waals surface area contributed by atoms with Crippen LogP contribution in [0.5, 0.6) is 0 Å². The minimum atomic E-state index is -0.430. The second-order valence-corrected chi connectivity index (χ2v) is 5.23. The summed E-state index contributed by atoms with van der Waals surface area (Å²) in [5.74, 6) is -0.601. The van der Waals surface area contributed by atoms with E-state index in [2.05, 4.69) is 4.98 Å². The van der Waals surface area contributed by atoms with E-state index in [0.717, 1.165) is 22.2 Å². The zero-order valence-corrected chi connectivity index (χ0v) is 12.1. The van der Waals surface area contributed by atoms with Gasteiger partial charge in [0.1, 0.15) is 12.1 Å². The molecule has 3 aromatic rings. The lowest BCUT2D eigenvalue weighted by atomic mass is 10.1. The molecule has 0 spiro atoms. The topological polar surface area (TPSA) is 34.9 Å². The van der Waals surface area contributed by atoms with Gasteiger partial charge in [0.05, 0.1) is 16.7 Å². The highest BCUT2D eigenvalue weighted by Gasteiger charge is 2.16. The molecular formula is C17H15FN2O. The van der Waals surface area contributed by atoms with Gasteiger partial charge in [0, 0.05) is 5.56 Å². The number of benzene rings is 2. The number of carbonyl (C=O) groups excluding carboxylic acids is 1. The Morgan fingerprint density at radius 1 is 1.19 bits per heavy atom. The third-order valence-electron chi connectivity index (χ3n) is 3.77. The molecule has 2 aromatic carbocycles. The molecule has 4 heteroatoms. The summed E-state index contributed by atoms with van der Waals surface area (Å²) >= 11 is 0. The van der Waals surface area contributed by atoms with E-state index in [0.29, 0.717) is 5.56 Å². The van der Waals surface area contributed by atoms with Crippen LogP contribution < -0.4 is 0 Å². The molecule has 0 aliphatic carbocycles. The monoisotopic (exact) mass is 282 g/mol. The fourth-order valence-corrected chi connectivity index (χ4v) is 2.49. The van der Waals surface area contributed by atoms with Gasteiger partial charge in [0.15, 0.2) is 5.78 Å². The Morgan fingerprint density at radius 3 is 2.62 bits per heavy atom. The Labute approximate surface area is 122 Å². The molecule has 0 radical (unpaired) electrons. The number of imidazole rings is 1. The number of carbonyl (C=O) groups is 1. The van der Waals surface area contributed by atoms with Gasteiger partial charge in [0.2, 0.25) is 0 Å². The van der Waals surface area contributed by atoms with Crippen LogP contribution in [-0.2, 0) is 0 Å². The molecule has 1 heterocycles. The summed E-state index contributed by atoms with van der Waals surface area (Å²) < 4.78 is 15.9. The van der Waals surface area contributed by atoms with Crippen molar-refractivity contribution in [3.63, 3.8) is 0 Å². The molecule has 0 N–H and O–H groups in total. The molecule has 0 aliphatic rings. The van der Waals surface area contributed by atoms with Gasteiger partial charge in [0.25, 0.3) is 0 Å². The highest BCUT2D eigenvalue weighted by Crippen LogP contribution is 2.26. The maximum atomic E-state index is 14.3. The summed E-state index contributed by atoms with van der Waals surface area (Å²) in [6, 6.07) is 8.47. The van der Waals surface area contributed by atoms with E-state index in [1.54, 1.807) is 23.0 Å². The lowest BCUT2D eigenvalue weighted by Gasteiger charge is -2.11. The normalized spacial score (nSPS) is 11.0. The minimum absolute atomic E-state index is 0.171. The fraction of sp³-hybridized carbons (Fsp3) is 0.176. The van der Waals surface area contributed by atoms with E-state index in [1.165, 1.54) is 13.0 Å². The summed E-state index contributed by atoms with van der Waals surface area (Å²) in [5, 5.41) is 0. The standard InChI is InChI=1S/C17H15FN2O/c1-10-7-15-16(8-11(10)2)20(9-19-15)17-13(12(3)21)5-4-6-14(17)18/h4-9H,1-3H3. The summed E-state index contributed by atoms with van der Waals surface area (Å²) in [6.07, 6.45) is 1.56. The van der Waals surface area contributed by atoms with E-state index >= 15 is 0 Å². The molecule has 0 saturated carbocycles. The minimum Gasteiger partial charge on any atom is -0.295 e. The van der Waals surface area contributed by atoms with Crippen LogP contribution in [0, 0.1) is 19.7 Å². The smallest absolute Gasteiger partial charge is 0.162 e. The molecule has 106 valence electrons.